The van der Waals surface area contributed by atoms with Gasteiger partial charge in [0, 0.05) is 0 Å². The summed E-state index contributed by atoms with van der Waals surface area (Å²) < 4.78 is 12.5. The quantitative estimate of drug-likeness (QED) is 0.441. The average molecular weight is 445 g/mol. The van der Waals surface area contributed by atoms with Gasteiger partial charge in [0.25, 0.3) is 0 Å². The van der Waals surface area contributed by atoms with E-state index in [0.29, 0.717) is 11.8 Å². The average Bonchev–Trinajstić information content (AvgIpc) is 2.71. The molecule has 0 saturated heterocycles. The van der Waals surface area contributed by atoms with Crippen LogP contribution >= 0.6 is 0 Å². The predicted octanol–water partition coefficient (Wildman–Crippen LogP) is 8.26. The highest BCUT2D eigenvalue weighted by molar-refractivity contribution is 6.21. The van der Waals surface area contributed by atoms with Gasteiger partial charge in [0.1, 0.15) is 11.5 Å². The van der Waals surface area contributed by atoms with Crippen molar-refractivity contribution in [3.8, 4) is 11.5 Å². The molecule has 2 aliphatic rings. The fourth-order valence-electron chi connectivity index (χ4n) is 6.77. The summed E-state index contributed by atoms with van der Waals surface area (Å²) in [7, 11) is 1.56. The van der Waals surface area contributed by atoms with Crippen molar-refractivity contribution in [1.82, 2.24) is 0 Å². The molecule has 4 rings (SSSR count). The number of benzene rings is 2. The summed E-state index contributed by atoms with van der Waals surface area (Å²) >= 11 is 0. The first kappa shape index (κ1) is 24.2. The minimum atomic E-state index is 0.173. The first-order valence-electron chi connectivity index (χ1n) is 12.8. The maximum Gasteiger partial charge on any atom is 0.658 e. The van der Waals surface area contributed by atoms with E-state index in [1.165, 1.54) is 70.2 Å². The summed E-state index contributed by atoms with van der Waals surface area (Å²) in [6.45, 7) is 22.9. The largest absolute Gasteiger partial charge is 0.658 e. The van der Waals surface area contributed by atoms with Crippen LogP contribution in [0.1, 0.15) is 124 Å². The highest BCUT2D eigenvalue weighted by atomic mass is 16.6. The van der Waals surface area contributed by atoms with Crippen molar-refractivity contribution in [2.75, 3.05) is 0 Å². The van der Waals surface area contributed by atoms with E-state index in [0.717, 1.165) is 11.5 Å². The lowest BCUT2D eigenvalue weighted by Gasteiger charge is -2.38. The van der Waals surface area contributed by atoms with E-state index >= 15 is 0 Å². The Morgan fingerprint density at radius 3 is 1.42 bits per heavy atom. The molecule has 2 nitrogen and oxygen atoms in total. The number of fused-ring (bicyclic) bond motifs is 2. The normalized spacial score (nSPS) is 22.8. The van der Waals surface area contributed by atoms with Crippen LogP contribution in [0.25, 0.3) is 0 Å². The second-order valence-corrected chi connectivity index (χ2v) is 12.2. The predicted molar refractivity (Wildman–Crippen MR) is 140 cm³/mol. The van der Waals surface area contributed by atoms with Gasteiger partial charge in [0.2, 0.25) is 0 Å². The molecule has 0 saturated carbocycles. The Morgan fingerprint density at radius 1 is 0.697 bits per heavy atom. The number of aryl methyl sites for hydroxylation is 2. The second kappa shape index (κ2) is 8.40. The maximum absolute atomic E-state index is 6.25. The Labute approximate surface area is 202 Å². The van der Waals surface area contributed by atoms with Crippen LogP contribution < -0.4 is 9.31 Å². The summed E-state index contributed by atoms with van der Waals surface area (Å²) in [6.07, 6.45) is 4.93. The SMILES string of the molecule is Cc1cc2c(c(C)c1O[B]Oc1c(C)cc3c(c1C)C(C)(C)CCC3C)C(C)(C)CCC2C. The maximum atomic E-state index is 6.25. The molecular weight excluding hydrogens is 403 g/mol. The molecule has 2 aromatic carbocycles. The molecule has 0 aliphatic heterocycles. The molecule has 33 heavy (non-hydrogen) atoms. The molecule has 2 unspecified atom stereocenters. The van der Waals surface area contributed by atoms with Crippen molar-refractivity contribution >= 4 is 7.69 Å². The Bertz CT molecular complexity index is 994. The summed E-state index contributed by atoms with van der Waals surface area (Å²) in [5.41, 5.74) is 11.2. The summed E-state index contributed by atoms with van der Waals surface area (Å²) in [6, 6.07) is 4.69. The zero-order valence-electron chi connectivity index (χ0n) is 22.5. The Morgan fingerprint density at radius 2 is 1.06 bits per heavy atom. The Kier molecular flexibility index (Phi) is 6.17. The molecule has 0 heterocycles. The van der Waals surface area contributed by atoms with Crippen LogP contribution in [0.2, 0.25) is 0 Å². The van der Waals surface area contributed by atoms with E-state index in [2.05, 4.69) is 81.4 Å². The number of hydrogen-bond donors (Lipinski definition) is 0. The molecule has 0 spiro atoms. The van der Waals surface area contributed by atoms with E-state index in [1.54, 1.807) is 7.69 Å². The highest BCUT2D eigenvalue weighted by Gasteiger charge is 2.35. The van der Waals surface area contributed by atoms with Gasteiger partial charge in [0.15, 0.2) is 0 Å². The van der Waals surface area contributed by atoms with Gasteiger partial charge in [-0.05, 0) is 121 Å². The fourth-order valence-corrected chi connectivity index (χ4v) is 6.77. The Hall–Kier alpha value is -1.90. The molecule has 0 amide bonds. The molecule has 0 bridgehead atoms. The molecular formula is C30H42BO2. The van der Waals surface area contributed by atoms with Crippen molar-refractivity contribution in [2.24, 2.45) is 0 Å². The van der Waals surface area contributed by atoms with E-state index in [4.69, 9.17) is 9.31 Å². The van der Waals surface area contributed by atoms with Crippen LogP contribution in [0, 0.1) is 27.7 Å². The third-order valence-corrected chi connectivity index (χ3v) is 8.62. The standard InChI is InChI=1S/C30H42BO2/c1-17-11-13-29(7,8)25-21(5)27(19(3)15-23(17)25)32-31-33-28-20(4)16-24-18(2)12-14-30(9,10)26(24)22(28)6/h15-18H,11-14H2,1-10H3. The van der Waals surface area contributed by atoms with Crippen LogP contribution in [0.5, 0.6) is 11.5 Å². The smallest absolute Gasteiger partial charge is 0.526 e. The second-order valence-electron chi connectivity index (χ2n) is 12.2. The molecule has 0 N–H and O–H groups in total. The van der Waals surface area contributed by atoms with Gasteiger partial charge in [-0.15, -0.1) is 0 Å². The minimum Gasteiger partial charge on any atom is -0.526 e. The van der Waals surface area contributed by atoms with Crippen LogP contribution in [0.3, 0.4) is 0 Å². The van der Waals surface area contributed by atoms with Crippen molar-refractivity contribution < 1.29 is 9.31 Å². The van der Waals surface area contributed by atoms with E-state index < -0.39 is 0 Å². The van der Waals surface area contributed by atoms with E-state index in [1.807, 2.05) is 0 Å². The van der Waals surface area contributed by atoms with Gasteiger partial charge in [-0.2, -0.15) is 0 Å². The van der Waals surface area contributed by atoms with Crippen molar-refractivity contribution in [2.45, 2.75) is 118 Å². The Balaban J connectivity index is 1.63. The van der Waals surface area contributed by atoms with Crippen molar-refractivity contribution in [3.05, 3.63) is 56.6 Å². The number of rotatable bonds is 4. The van der Waals surface area contributed by atoms with Gasteiger partial charge >= 0.3 is 7.69 Å². The number of hydrogen-bond acceptors (Lipinski definition) is 2. The van der Waals surface area contributed by atoms with E-state index in [-0.39, 0.29) is 10.8 Å². The van der Waals surface area contributed by atoms with Gasteiger partial charge < -0.3 is 9.31 Å². The van der Waals surface area contributed by atoms with Crippen molar-refractivity contribution in [3.63, 3.8) is 0 Å². The molecule has 2 aromatic rings. The van der Waals surface area contributed by atoms with Crippen LogP contribution in [-0.2, 0) is 10.8 Å². The minimum absolute atomic E-state index is 0.173. The fraction of sp³-hybridized carbons (Fsp3) is 0.600. The molecule has 0 fully saturated rings. The van der Waals surface area contributed by atoms with Crippen LogP contribution in [0.4, 0.5) is 0 Å². The van der Waals surface area contributed by atoms with Gasteiger partial charge in [-0.3, -0.25) is 0 Å². The van der Waals surface area contributed by atoms with Gasteiger partial charge in [-0.25, -0.2) is 0 Å². The summed E-state index contributed by atoms with van der Waals surface area (Å²) in [5.74, 6) is 3.09. The molecule has 0 aromatic heterocycles. The van der Waals surface area contributed by atoms with Gasteiger partial charge in [0.05, 0.1) is 0 Å². The zero-order valence-corrected chi connectivity index (χ0v) is 22.5. The van der Waals surface area contributed by atoms with Crippen LogP contribution in [-0.4, -0.2) is 7.69 Å². The summed E-state index contributed by atoms with van der Waals surface area (Å²) in [4.78, 5) is 0. The molecule has 3 heteroatoms. The third kappa shape index (κ3) is 4.11. The first-order chi connectivity index (χ1) is 15.3. The molecule has 2 aliphatic carbocycles. The molecule has 2 atom stereocenters. The topological polar surface area (TPSA) is 18.5 Å². The molecule has 1 radical (unpaired) electrons. The van der Waals surface area contributed by atoms with Gasteiger partial charge in [-0.1, -0.05) is 53.7 Å². The van der Waals surface area contributed by atoms with Crippen molar-refractivity contribution in [1.29, 1.82) is 0 Å². The summed E-state index contributed by atoms with van der Waals surface area (Å²) in [5, 5.41) is 0. The lowest BCUT2D eigenvalue weighted by atomic mass is 9.67. The molecule has 177 valence electrons. The third-order valence-electron chi connectivity index (χ3n) is 8.62. The first-order valence-corrected chi connectivity index (χ1v) is 12.8. The lowest BCUT2D eigenvalue weighted by molar-refractivity contribution is 0.391. The van der Waals surface area contributed by atoms with Crippen LogP contribution in [0.15, 0.2) is 12.1 Å². The lowest BCUT2D eigenvalue weighted by Crippen LogP contribution is -2.28. The zero-order chi connectivity index (χ0) is 24.3. The van der Waals surface area contributed by atoms with E-state index in [9.17, 15) is 0 Å². The monoisotopic (exact) mass is 445 g/mol. The highest BCUT2D eigenvalue weighted by Crippen LogP contribution is 2.48.